The number of anilines is 1. The largest absolute Gasteiger partial charge is 0.370 e. The van der Waals surface area contributed by atoms with E-state index in [1.54, 1.807) is 6.07 Å². The molecule has 1 saturated heterocycles. The first-order valence-electron chi connectivity index (χ1n) is 7.12. The number of hydrogen-bond acceptors (Lipinski definition) is 3. The van der Waals surface area contributed by atoms with Gasteiger partial charge in [0, 0.05) is 19.6 Å². The van der Waals surface area contributed by atoms with Crippen molar-refractivity contribution in [1.29, 1.82) is 0 Å². The molecule has 1 aliphatic rings. The lowest BCUT2D eigenvalue weighted by Gasteiger charge is -2.20. The Morgan fingerprint density at radius 2 is 2.25 bits per heavy atom. The number of nitrogens with zero attached hydrogens (tertiary/aromatic N) is 2. The minimum atomic E-state index is -0.0688. The van der Waals surface area contributed by atoms with Crippen LogP contribution in [0.25, 0.3) is 0 Å². The Balaban J connectivity index is 2.16. The van der Waals surface area contributed by atoms with Gasteiger partial charge in [-0.3, -0.25) is 4.79 Å². The molecule has 0 aromatic carbocycles. The molecule has 2 rings (SSSR count). The van der Waals surface area contributed by atoms with Crippen LogP contribution in [0.3, 0.4) is 0 Å². The van der Waals surface area contributed by atoms with E-state index in [-0.39, 0.29) is 11.3 Å². The lowest BCUT2D eigenvalue weighted by Crippen LogP contribution is -2.31. The Labute approximate surface area is 125 Å². The summed E-state index contributed by atoms with van der Waals surface area (Å²) in [6.07, 6.45) is 2.03. The standard InChI is InChI=1S/C15H22ClN3O/c1-4-8-17-12-6-5-11(16)13(18-12)14(20)19-9-7-15(2,3)10-19/h5-6H,4,7-10H2,1-3H3,(H,17,18). The summed E-state index contributed by atoms with van der Waals surface area (Å²) in [6.45, 7) is 8.80. The average molecular weight is 296 g/mol. The SMILES string of the molecule is CCCNc1ccc(Cl)c(C(=O)N2CCC(C)(C)C2)n1. The van der Waals surface area contributed by atoms with Crippen LogP contribution in [-0.2, 0) is 0 Å². The van der Waals surface area contributed by atoms with Gasteiger partial charge in [-0.05, 0) is 30.4 Å². The van der Waals surface area contributed by atoms with Crippen molar-refractivity contribution >= 4 is 23.3 Å². The van der Waals surface area contributed by atoms with Crippen molar-refractivity contribution in [1.82, 2.24) is 9.88 Å². The van der Waals surface area contributed by atoms with Gasteiger partial charge >= 0.3 is 0 Å². The van der Waals surface area contributed by atoms with E-state index < -0.39 is 0 Å². The molecule has 0 bridgehead atoms. The lowest BCUT2D eigenvalue weighted by atomic mass is 9.93. The molecule has 0 spiro atoms. The van der Waals surface area contributed by atoms with Crippen LogP contribution in [0, 0.1) is 5.41 Å². The van der Waals surface area contributed by atoms with Gasteiger partial charge in [0.25, 0.3) is 5.91 Å². The third-order valence-corrected chi connectivity index (χ3v) is 3.87. The maximum absolute atomic E-state index is 12.5. The van der Waals surface area contributed by atoms with Gasteiger partial charge < -0.3 is 10.2 Å². The van der Waals surface area contributed by atoms with Crippen LogP contribution < -0.4 is 5.32 Å². The van der Waals surface area contributed by atoms with Gasteiger partial charge in [0.1, 0.15) is 11.5 Å². The van der Waals surface area contributed by atoms with E-state index >= 15 is 0 Å². The molecule has 110 valence electrons. The van der Waals surface area contributed by atoms with E-state index in [4.69, 9.17) is 11.6 Å². The molecule has 0 saturated carbocycles. The Morgan fingerprint density at radius 3 is 2.85 bits per heavy atom. The molecular weight excluding hydrogens is 274 g/mol. The van der Waals surface area contributed by atoms with Gasteiger partial charge in [0.2, 0.25) is 0 Å². The zero-order chi connectivity index (χ0) is 14.8. The number of pyridine rings is 1. The van der Waals surface area contributed by atoms with E-state index in [9.17, 15) is 4.79 Å². The predicted molar refractivity (Wildman–Crippen MR) is 82.3 cm³/mol. The average Bonchev–Trinajstić information content (AvgIpc) is 2.77. The first kappa shape index (κ1) is 15.1. The third kappa shape index (κ3) is 3.42. The van der Waals surface area contributed by atoms with E-state index in [1.165, 1.54) is 0 Å². The Hall–Kier alpha value is -1.29. The maximum atomic E-state index is 12.5. The molecule has 1 aromatic heterocycles. The Kier molecular flexibility index (Phi) is 4.53. The second-order valence-corrected chi connectivity index (χ2v) is 6.50. The summed E-state index contributed by atoms with van der Waals surface area (Å²) in [5.74, 6) is 0.638. The number of carbonyl (C=O) groups excluding carboxylic acids is 1. The van der Waals surface area contributed by atoms with Crippen LogP contribution in [0.5, 0.6) is 0 Å². The van der Waals surface area contributed by atoms with Gasteiger partial charge in [-0.2, -0.15) is 0 Å². The molecule has 0 aliphatic carbocycles. The minimum absolute atomic E-state index is 0.0688. The van der Waals surface area contributed by atoms with E-state index in [0.29, 0.717) is 16.5 Å². The fourth-order valence-corrected chi connectivity index (χ4v) is 2.57. The summed E-state index contributed by atoms with van der Waals surface area (Å²) in [5.41, 5.74) is 0.533. The van der Waals surface area contributed by atoms with Gasteiger partial charge in [0.15, 0.2) is 0 Å². The van der Waals surface area contributed by atoms with Crippen molar-refractivity contribution in [2.75, 3.05) is 25.0 Å². The van der Waals surface area contributed by atoms with Gasteiger partial charge in [-0.15, -0.1) is 0 Å². The topological polar surface area (TPSA) is 45.2 Å². The third-order valence-electron chi connectivity index (χ3n) is 3.57. The molecule has 1 fully saturated rings. The van der Waals surface area contributed by atoms with Crippen LogP contribution in [0.15, 0.2) is 12.1 Å². The predicted octanol–water partition coefficient (Wildman–Crippen LogP) is 3.43. The first-order chi connectivity index (χ1) is 9.43. The summed E-state index contributed by atoms with van der Waals surface area (Å²) in [7, 11) is 0. The molecule has 1 amide bonds. The number of nitrogens with one attached hydrogen (secondary N) is 1. The smallest absolute Gasteiger partial charge is 0.274 e. The van der Waals surface area contributed by atoms with Crippen molar-refractivity contribution < 1.29 is 4.79 Å². The highest BCUT2D eigenvalue weighted by Crippen LogP contribution is 2.30. The number of carbonyl (C=O) groups is 1. The summed E-state index contributed by atoms with van der Waals surface area (Å²) >= 11 is 6.14. The molecule has 1 N–H and O–H groups in total. The fourth-order valence-electron chi connectivity index (χ4n) is 2.38. The zero-order valence-corrected chi connectivity index (χ0v) is 13.1. The highest BCUT2D eigenvalue weighted by Gasteiger charge is 2.33. The molecular formula is C15H22ClN3O. The summed E-state index contributed by atoms with van der Waals surface area (Å²) < 4.78 is 0. The van der Waals surface area contributed by atoms with Crippen LogP contribution in [-0.4, -0.2) is 35.4 Å². The van der Waals surface area contributed by atoms with Crippen molar-refractivity contribution in [2.24, 2.45) is 5.41 Å². The Bertz CT molecular complexity index is 502. The highest BCUT2D eigenvalue weighted by molar-refractivity contribution is 6.33. The molecule has 0 radical (unpaired) electrons. The molecule has 1 aliphatic heterocycles. The number of halogens is 1. The number of rotatable bonds is 4. The van der Waals surface area contributed by atoms with Crippen molar-refractivity contribution in [3.05, 3.63) is 22.8 Å². The molecule has 20 heavy (non-hydrogen) atoms. The van der Waals surface area contributed by atoms with E-state index in [1.807, 2.05) is 11.0 Å². The quantitative estimate of drug-likeness (QED) is 0.925. The van der Waals surface area contributed by atoms with Crippen LogP contribution in [0.2, 0.25) is 5.02 Å². The van der Waals surface area contributed by atoms with Crippen molar-refractivity contribution in [3.63, 3.8) is 0 Å². The van der Waals surface area contributed by atoms with Gasteiger partial charge in [0.05, 0.1) is 5.02 Å². The van der Waals surface area contributed by atoms with E-state index in [0.717, 1.165) is 32.5 Å². The molecule has 1 aromatic rings. The molecule has 2 heterocycles. The first-order valence-corrected chi connectivity index (χ1v) is 7.50. The van der Waals surface area contributed by atoms with E-state index in [2.05, 4.69) is 31.1 Å². The summed E-state index contributed by atoms with van der Waals surface area (Å²) in [4.78, 5) is 18.7. The van der Waals surface area contributed by atoms with Crippen LogP contribution in [0.4, 0.5) is 5.82 Å². The highest BCUT2D eigenvalue weighted by atomic mass is 35.5. The van der Waals surface area contributed by atoms with Crippen molar-refractivity contribution in [2.45, 2.75) is 33.6 Å². The van der Waals surface area contributed by atoms with Crippen molar-refractivity contribution in [3.8, 4) is 0 Å². The summed E-state index contributed by atoms with van der Waals surface area (Å²) in [6, 6.07) is 3.55. The van der Waals surface area contributed by atoms with Gasteiger partial charge in [-0.1, -0.05) is 32.4 Å². The molecule has 0 atom stereocenters. The molecule has 4 nitrogen and oxygen atoms in total. The minimum Gasteiger partial charge on any atom is -0.370 e. The monoisotopic (exact) mass is 295 g/mol. The maximum Gasteiger partial charge on any atom is 0.274 e. The normalized spacial score (nSPS) is 17.3. The number of likely N-dealkylation sites (tertiary alicyclic amines) is 1. The zero-order valence-electron chi connectivity index (χ0n) is 12.4. The van der Waals surface area contributed by atoms with Crippen LogP contribution >= 0.6 is 11.6 Å². The molecule has 0 unspecified atom stereocenters. The Morgan fingerprint density at radius 1 is 1.50 bits per heavy atom. The second kappa shape index (κ2) is 6.00. The lowest BCUT2D eigenvalue weighted by molar-refractivity contribution is 0.0773. The second-order valence-electron chi connectivity index (χ2n) is 6.09. The number of hydrogen-bond donors (Lipinski definition) is 1. The summed E-state index contributed by atoms with van der Waals surface area (Å²) in [5, 5.41) is 3.60. The molecule has 5 heteroatoms. The fraction of sp³-hybridized carbons (Fsp3) is 0.600. The van der Waals surface area contributed by atoms with Crippen LogP contribution in [0.1, 0.15) is 44.1 Å². The number of amides is 1. The number of aromatic nitrogens is 1. The van der Waals surface area contributed by atoms with Gasteiger partial charge in [-0.25, -0.2) is 4.98 Å².